The van der Waals surface area contributed by atoms with E-state index in [2.05, 4.69) is 16.0 Å². The lowest BCUT2D eigenvalue weighted by Crippen LogP contribution is -2.49. The average Bonchev–Trinajstić information content (AvgIpc) is 2.85. The van der Waals surface area contributed by atoms with Crippen molar-refractivity contribution < 1.29 is 19.2 Å². The molecule has 5 saturated carbocycles. The zero-order chi connectivity index (χ0) is 22.0. The number of hydrogen-bond donors (Lipinski definition) is 0. The minimum atomic E-state index is 0.213. The van der Waals surface area contributed by atoms with Gasteiger partial charge in [0.05, 0.1) is 25.4 Å². The smallest absolute Gasteiger partial charge is 0.213 e. The molecule has 6 fully saturated rings. The predicted octanol–water partition coefficient (Wildman–Crippen LogP) is 4.59. The Labute approximate surface area is 198 Å². The summed E-state index contributed by atoms with van der Waals surface area (Å²) in [5.74, 6) is 4.68. The van der Waals surface area contributed by atoms with Crippen molar-refractivity contribution in [3.05, 3.63) is 23.9 Å². The molecule has 1 aromatic heterocycles. The van der Waals surface area contributed by atoms with Gasteiger partial charge in [0.15, 0.2) is 0 Å². The van der Waals surface area contributed by atoms with Gasteiger partial charge in [0.25, 0.3) is 0 Å². The third-order valence-electron chi connectivity index (χ3n) is 9.06. The van der Waals surface area contributed by atoms with E-state index in [1.54, 1.807) is 0 Å². The van der Waals surface area contributed by atoms with Gasteiger partial charge in [-0.2, -0.15) is 0 Å². The van der Waals surface area contributed by atoms with E-state index in [-0.39, 0.29) is 6.10 Å². The minimum Gasteiger partial charge on any atom is -0.476 e. The van der Waals surface area contributed by atoms with E-state index in [0.29, 0.717) is 18.6 Å². The second-order valence-corrected chi connectivity index (χ2v) is 11.3. The maximum Gasteiger partial charge on any atom is 0.213 e. The molecule has 1 aromatic rings. The van der Waals surface area contributed by atoms with Gasteiger partial charge in [-0.05, 0) is 86.5 Å². The van der Waals surface area contributed by atoms with E-state index < -0.39 is 0 Å². The molecular formula is C27H40N2O4. The molecule has 1 saturated heterocycles. The van der Waals surface area contributed by atoms with E-state index in [9.17, 15) is 0 Å². The standard InChI is InChI=1S/C27H40N2O4/c1-2-21(22-4-5-26(28-18-22)31-11-8-29-6-9-30-10-7-29)17-25(3-1)32-33-27-23-13-19-12-20(15-23)16-24(27)14-19/h4-5,18-21,23-25,27H,1-3,6-17H2/t19?,20?,21?,23?,24?,25-,27?/m1/s1. The first kappa shape index (κ1) is 22.3. The van der Waals surface area contributed by atoms with E-state index in [4.69, 9.17) is 19.2 Å². The number of rotatable bonds is 8. The molecule has 0 aromatic carbocycles. The van der Waals surface area contributed by atoms with Crippen LogP contribution in [-0.4, -0.2) is 61.5 Å². The molecule has 0 spiro atoms. The Kier molecular flexibility index (Phi) is 6.87. The molecule has 7 rings (SSSR count). The Morgan fingerprint density at radius 3 is 2.42 bits per heavy atom. The van der Waals surface area contributed by atoms with Crippen LogP contribution in [0, 0.1) is 23.7 Å². The van der Waals surface area contributed by atoms with Gasteiger partial charge in [-0.25, -0.2) is 14.8 Å². The molecule has 6 aliphatic rings. The van der Waals surface area contributed by atoms with Gasteiger partial charge < -0.3 is 9.47 Å². The zero-order valence-corrected chi connectivity index (χ0v) is 19.9. The molecule has 33 heavy (non-hydrogen) atoms. The quantitative estimate of drug-likeness (QED) is 0.421. The Balaban J connectivity index is 0.963. The van der Waals surface area contributed by atoms with Crippen LogP contribution >= 0.6 is 0 Å². The second kappa shape index (κ2) is 10.2. The number of ether oxygens (including phenoxy) is 2. The van der Waals surface area contributed by atoms with Crippen LogP contribution in [0.3, 0.4) is 0 Å². The van der Waals surface area contributed by atoms with E-state index in [0.717, 1.165) is 75.2 Å². The number of hydrogen-bond acceptors (Lipinski definition) is 6. The fourth-order valence-electron chi connectivity index (χ4n) is 7.53. The van der Waals surface area contributed by atoms with Gasteiger partial charge in [0.1, 0.15) is 6.61 Å². The molecule has 1 unspecified atom stereocenters. The van der Waals surface area contributed by atoms with Crippen LogP contribution in [0.2, 0.25) is 0 Å². The lowest BCUT2D eigenvalue weighted by molar-refractivity contribution is -0.384. The minimum absolute atomic E-state index is 0.213. The number of pyridine rings is 1. The summed E-state index contributed by atoms with van der Waals surface area (Å²) in [5.41, 5.74) is 1.30. The topological polar surface area (TPSA) is 53.1 Å². The molecule has 6 heteroatoms. The summed E-state index contributed by atoms with van der Waals surface area (Å²) in [6.07, 6.45) is 14.1. The third kappa shape index (κ3) is 5.24. The van der Waals surface area contributed by atoms with Crippen LogP contribution < -0.4 is 4.74 Å². The number of morpholine rings is 1. The molecule has 2 heterocycles. The van der Waals surface area contributed by atoms with Crippen molar-refractivity contribution in [3.8, 4) is 5.88 Å². The van der Waals surface area contributed by atoms with Gasteiger partial charge in [-0.3, -0.25) is 4.90 Å². The van der Waals surface area contributed by atoms with Crippen molar-refractivity contribution in [1.29, 1.82) is 0 Å². The Hall–Kier alpha value is -1.21. The molecule has 5 aliphatic carbocycles. The number of nitrogens with zero attached hydrogens (tertiary/aromatic N) is 2. The predicted molar refractivity (Wildman–Crippen MR) is 125 cm³/mol. The first-order chi connectivity index (χ1) is 16.3. The first-order valence-corrected chi connectivity index (χ1v) is 13.5. The molecule has 4 bridgehead atoms. The SMILES string of the molecule is c1cc(OCCN2CCOCC2)ncc1C1CCC[C@@H](OOC2C3CC4CC(C3)CC2C4)C1. The molecule has 0 radical (unpaired) electrons. The highest BCUT2D eigenvalue weighted by molar-refractivity contribution is 5.22. The molecule has 0 amide bonds. The zero-order valence-electron chi connectivity index (χ0n) is 19.9. The Morgan fingerprint density at radius 1 is 0.909 bits per heavy atom. The van der Waals surface area contributed by atoms with E-state index in [1.165, 1.54) is 50.5 Å². The summed E-state index contributed by atoms with van der Waals surface area (Å²) in [7, 11) is 0. The maximum atomic E-state index is 6.21. The summed E-state index contributed by atoms with van der Waals surface area (Å²) in [4.78, 5) is 19.3. The van der Waals surface area contributed by atoms with Crippen molar-refractivity contribution in [2.75, 3.05) is 39.5 Å². The van der Waals surface area contributed by atoms with Gasteiger partial charge in [-0.15, -0.1) is 0 Å². The normalized spacial score (nSPS) is 38.5. The van der Waals surface area contributed by atoms with Crippen molar-refractivity contribution in [1.82, 2.24) is 9.88 Å². The summed E-state index contributed by atoms with van der Waals surface area (Å²) in [6, 6.07) is 4.23. The lowest BCUT2D eigenvalue weighted by Gasteiger charge is -2.53. The third-order valence-corrected chi connectivity index (χ3v) is 9.06. The fraction of sp³-hybridized carbons (Fsp3) is 0.815. The van der Waals surface area contributed by atoms with E-state index >= 15 is 0 Å². The van der Waals surface area contributed by atoms with Crippen molar-refractivity contribution >= 4 is 0 Å². The summed E-state index contributed by atoms with van der Waals surface area (Å²) < 4.78 is 11.3. The average molecular weight is 457 g/mol. The Bertz CT molecular complexity index is 738. The Morgan fingerprint density at radius 2 is 1.70 bits per heavy atom. The fourth-order valence-corrected chi connectivity index (χ4v) is 7.53. The molecule has 6 nitrogen and oxygen atoms in total. The van der Waals surface area contributed by atoms with Crippen molar-refractivity contribution in [2.45, 2.75) is 75.9 Å². The molecule has 1 aliphatic heterocycles. The van der Waals surface area contributed by atoms with Gasteiger partial charge in [0, 0.05) is 31.9 Å². The largest absolute Gasteiger partial charge is 0.476 e. The number of aromatic nitrogens is 1. The first-order valence-electron chi connectivity index (χ1n) is 13.5. The van der Waals surface area contributed by atoms with Gasteiger partial charge in [-0.1, -0.05) is 12.5 Å². The molecule has 182 valence electrons. The van der Waals surface area contributed by atoms with E-state index in [1.807, 2.05) is 12.3 Å². The maximum absolute atomic E-state index is 6.21. The molecule has 0 N–H and O–H groups in total. The van der Waals surface area contributed by atoms with Crippen LogP contribution in [0.1, 0.15) is 69.3 Å². The summed E-state index contributed by atoms with van der Waals surface area (Å²) in [6.45, 7) is 5.24. The summed E-state index contributed by atoms with van der Waals surface area (Å²) in [5, 5.41) is 0. The van der Waals surface area contributed by atoms with Gasteiger partial charge in [0.2, 0.25) is 5.88 Å². The summed E-state index contributed by atoms with van der Waals surface area (Å²) >= 11 is 0. The van der Waals surface area contributed by atoms with Crippen molar-refractivity contribution in [2.24, 2.45) is 23.7 Å². The van der Waals surface area contributed by atoms with Crippen LogP contribution in [0.15, 0.2) is 18.3 Å². The highest BCUT2D eigenvalue weighted by Crippen LogP contribution is 2.54. The second-order valence-electron chi connectivity index (χ2n) is 11.3. The van der Waals surface area contributed by atoms with Gasteiger partial charge >= 0.3 is 0 Å². The van der Waals surface area contributed by atoms with Crippen LogP contribution in [-0.2, 0) is 14.5 Å². The monoisotopic (exact) mass is 456 g/mol. The van der Waals surface area contributed by atoms with Crippen LogP contribution in [0.5, 0.6) is 5.88 Å². The molecule has 2 atom stereocenters. The van der Waals surface area contributed by atoms with Crippen LogP contribution in [0.25, 0.3) is 0 Å². The molecular weight excluding hydrogens is 416 g/mol. The lowest BCUT2D eigenvalue weighted by atomic mass is 9.55. The van der Waals surface area contributed by atoms with Crippen LogP contribution in [0.4, 0.5) is 0 Å². The van der Waals surface area contributed by atoms with Crippen molar-refractivity contribution in [3.63, 3.8) is 0 Å². The highest BCUT2D eigenvalue weighted by Gasteiger charge is 2.49. The highest BCUT2D eigenvalue weighted by atomic mass is 17.2.